The van der Waals surface area contributed by atoms with Crippen LogP contribution in [0.25, 0.3) is 0 Å². The Kier molecular flexibility index (Phi) is 10.5. The Balaban J connectivity index is 2.37. The molecule has 0 fully saturated rings. The predicted octanol–water partition coefficient (Wildman–Crippen LogP) is 4.37. The van der Waals surface area contributed by atoms with Gasteiger partial charge in [-0.1, -0.05) is 17.3 Å². The topological polar surface area (TPSA) is 43.3 Å². The summed E-state index contributed by atoms with van der Waals surface area (Å²) in [4.78, 5) is 7.02. The lowest BCUT2D eigenvalue weighted by Crippen LogP contribution is -2.26. The molecule has 0 heterocycles. The van der Waals surface area contributed by atoms with Gasteiger partial charge in [-0.05, 0) is 77.4 Å². The van der Waals surface area contributed by atoms with Crippen molar-refractivity contribution in [2.75, 3.05) is 40.5 Å². The summed E-state index contributed by atoms with van der Waals surface area (Å²) in [5.74, 6) is 1.86. The first-order valence-corrected chi connectivity index (χ1v) is 9.21. The largest absolute Gasteiger partial charge is 0.493 e. The second-order valence-corrected chi connectivity index (χ2v) is 6.57. The van der Waals surface area contributed by atoms with E-state index in [0.29, 0.717) is 6.61 Å². The van der Waals surface area contributed by atoms with Crippen LogP contribution in [0.5, 0.6) is 11.5 Å². The van der Waals surface area contributed by atoms with Crippen LogP contribution in [0.3, 0.4) is 0 Å². The minimum Gasteiger partial charge on any atom is -0.493 e. The van der Waals surface area contributed by atoms with Gasteiger partial charge in [0.25, 0.3) is 0 Å². The molecule has 1 aromatic rings. The molecule has 0 aliphatic heterocycles. The normalized spacial score (nSPS) is 12.0. The molecule has 0 amide bonds. The zero-order valence-corrected chi connectivity index (χ0v) is 17.2. The average molecular weight is 363 g/mol. The minimum atomic E-state index is 0.595. The van der Waals surface area contributed by atoms with Crippen LogP contribution in [0.4, 0.5) is 0 Å². The first-order valence-electron chi connectivity index (χ1n) is 9.21. The summed E-state index contributed by atoms with van der Waals surface area (Å²) < 4.78 is 11.7. The SMILES string of the molecule is C/C=C/COc1cc(C)c(OCCCCN(C)C/C(C)=N/OC)c(C)c1. The fourth-order valence-corrected chi connectivity index (χ4v) is 2.77. The van der Waals surface area contributed by atoms with Crippen molar-refractivity contribution >= 4 is 5.71 Å². The molecule has 0 aromatic heterocycles. The monoisotopic (exact) mass is 362 g/mol. The molecule has 0 saturated carbocycles. The number of hydrogen-bond acceptors (Lipinski definition) is 5. The number of oxime groups is 1. The number of hydrogen-bond donors (Lipinski definition) is 0. The van der Waals surface area contributed by atoms with Crippen LogP contribution < -0.4 is 9.47 Å². The quantitative estimate of drug-likeness (QED) is 0.240. The summed E-state index contributed by atoms with van der Waals surface area (Å²) in [6.07, 6.45) is 6.08. The van der Waals surface area contributed by atoms with E-state index in [2.05, 4.69) is 31.0 Å². The number of rotatable bonds is 12. The van der Waals surface area contributed by atoms with Crippen molar-refractivity contribution < 1.29 is 14.3 Å². The van der Waals surface area contributed by atoms with Crippen LogP contribution >= 0.6 is 0 Å². The Hall–Kier alpha value is -2.01. The number of nitrogens with zero attached hydrogens (tertiary/aromatic N) is 2. The summed E-state index contributed by atoms with van der Waals surface area (Å²) in [5.41, 5.74) is 3.21. The van der Waals surface area contributed by atoms with Crippen molar-refractivity contribution in [3.8, 4) is 11.5 Å². The fourth-order valence-electron chi connectivity index (χ4n) is 2.77. The maximum Gasteiger partial charge on any atom is 0.125 e. The molecule has 5 heteroatoms. The van der Waals surface area contributed by atoms with E-state index in [4.69, 9.17) is 14.3 Å². The van der Waals surface area contributed by atoms with Crippen molar-refractivity contribution in [1.82, 2.24) is 4.90 Å². The van der Waals surface area contributed by atoms with E-state index in [9.17, 15) is 0 Å². The molecule has 0 radical (unpaired) electrons. The van der Waals surface area contributed by atoms with Gasteiger partial charge in [0.1, 0.15) is 25.2 Å². The zero-order valence-electron chi connectivity index (χ0n) is 17.2. The van der Waals surface area contributed by atoms with Crippen LogP contribution in [0.2, 0.25) is 0 Å². The molecule has 0 aliphatic rings. The van der Waals surface area contributed by atoms with E-state index >= 15 is 0 Å². The van der Waals surface area contributed by atoms with Crippen molar-refractivity contribution in [2.45, 2.75) is 40.5 Å². The van der Waals surface area contributed by atoms with Crippen LogP contribution in [0, 0.1) is 13.8 Å². The predicted molar refractivity (Wildman–Crippen MR) is 109 cm³/mol. The highest BCUT2D eigenvalue weighted by Gasteiger charge is 2.07. The first kappa shape index (κ1) is 22.0. The molecule has 0 unspecified atom stereocenters. The number of benzene rings is 1. The maximum absolute atomic E-state index is 6.02. The van der Waals surface area contributed by atoms with E-state index in [-0.39, 0.29) is 0 Å². The molecule has 1 aromatic carbocycles. The molecule has 0 bridgehead atoms. The van der Waals surface area contributed by atoms with Crippen LogP contribution in [0.15, 0.2) is 29.4 Å². The van der Waals surface area contributed by atoms with Gasteiger partial charge in [-0.25, -0.2) is 0 Å². The summed E-state index contributed by atoms with van der Waals surface area (Å²) in [6.45, 7) is 11.2. The van der Waals surface area contributed by atoms with Gasteiger partial charge in [-0.3, -0.25) is 0 Å². The standard InChI is InChI=1S/C21H34N2O3/c1-7-8-12-25-20-14-17(2)21(18(3)15-20)26-13-10-9-11-23(5)16-19(4)22-24-6/h7-8,14-15H,9-13,16H2,1-6H3/b8-7+,22-19+. The van der Waals surface area contributed by atoms with Gasteiger partial charge in [-0.2, -0.15) is 0 Å². The molecule has 0 N–H and O–H groups in total. The van der Waals surface area contributed by atoms with Gasteiger partial charge >= 0.3 is 0 Å². The molecule has 0 saturated heterocycles. The highest BCUT2D eigenvalue weighted by Crippen LogP contribution is 2.28. The van der Waals surface area contributed by atoms with Crippen molar-refractivity contribution in [2.24, 2.45) is 5.16 Å². The second-order valence-electron chi connectivity index (χ2n) is 6.57. The van der Waals surface area contributed by atoms with E-state index in [1.165, 1.54) is 0 Å². The van der Waals surface area contributed by atoms with Gasteiger partial charge in [0.15, 0.2) is 0 Å². The third kappa shape index (κ3) is 8.39. The molecule has 0 aliphatic carbocycles. The molecular weight excluding hydrogens is 328 g/mol. The summed E-state index contributed by atoms with van der Waals surface area (Å²) in [5, 5.41) is 3.93. The number of aryl methyl sites for hydroxylation is 2. The number of ether oxygens (including phenoxy) is 2. The third-order valence-electron chi connectivity index (χ3n) is 3.94. The molecule has 26 heavy (non-hydrogen) atoms. The Morgan fingerprint density at radius 3 is 2.46 bits per heavy atom. The Morgan fingerprint density at radius 2 is 1.85 bits per heavy atom. The van der Waals surface area contributed by atoms with Gasteiger partial charge in [-0.15, -0.1) is 0 Å². The Morgan fingerprint density at radius 1 is 1.15 bits per heavy atom. The number of allylic oxidation sites excluding steroid dienone is 1. The van der Waals surface area contributed by atoms with Gasteiger partial charge in [0.2, 0.25) is 0 Å². The molecule has 5 nitrogen and oxygen atoms in total. The summed E-state index contributed by atoms with van der Waals surface area (Å²) in [6, 6.07) is 4.08. The smallest absolute Gasteiger partial charge is 0.125 e. The summed E-state index contributed by atoms with van der Waals surface area (Å²) in [7, 11) is 3.67. The maximum atomic E-state index is 6.02. The lowest BCUT2D eigenvalue weighted by Gasteiger charge is -2.17. The van der Waals surface area contributed by atoms with Crippen molar-refractivity contribution in [3.05, 3.63) is 35.4 Å². The Bertz CT molecular complexity index is 574. The van der Waals surface area contributed by atoms with Gasteiger partial charge in [0, 0.05) is 6.54 Å². The highest BCUT2D eigenvalue weighted by atomic mass is 16.6. The van der Waals surface area contributed by atoms with Crippen LogP contribution in [0.1, 0.15) is 37.8 Å². The lowest BCUT2D eigenvalue weighted by molar-refractivity contribution is 0.210. The van der Waals surface area contributed by atoms with Crippen LogP contribution in [-0.2, 0) is 4.84 Å². The number of unbranched alkanes of at least 4 members (excludes halogenated alkanes) is 1. The zero-order chi connectivity index (χ0) is 19.4. The minimum absolute atomic E-state index is 0.595. The van der Waals surface area contributed by atoms with Crippen molar-refractivity contribution in [1.29, 1.82) is 0 Å². The highest BCUT2D eigenvalue weighted by molar-refractivity contribution is 5.83. The van der Waals surface area contributed by atoms with Gasteiger partial charge in [0.05, 0.1) is 12.3 Å². The molecule has 1 rings (SSSR count). The molecule has 0 spiro atoms. The summed E-state index contributed by atoms with van der Waals surface area (Å²) >= 11 is 0. The van der Waals surface area contributed by atoms with E-state index in [1.807, 2.05) is 38.1 Å². The molecular formula is C21H34N2O3. The first-order chi connectivity index (χ1) is 12.5. The lowest BCUT2D eigenvalue weighted by atomic mass is 10.1. The van der Waals surface area contributed by atoms with E-state index in [1.54, 1.807) is 7.11 Å². The van der Waals surface area contributed by atoms with Crippen molar-refractivity contribution in [3.63, 3.8) is 0 Å². The third-order valence-corrected chi connectivity index (χ3v) is 3.94. The molecule has 146 valence electrons. The second kappa shape index (κ2) is 12.4. The van der Waals surface area contributed by atoms with Gasteiger partial charge < -0.3 is 19.2 Å². The van der Waals surface area contributed by atoms with E-state index in [0.717, 1.165) is 60.9 Å². The molecule has 0 atom stereocenters. The Labute approximate surface area is 158 Å². The van der Waals surface area contributed by atoms with E-state index < -0.39 is 0 Å². The fraction of sp³-hybridized carbons (Fsp3) is 0.571. The van der Waals surface area contributed by atoms with Crippen LogP contribution in [-0.4, -0.2) is 51.1 Å². The average Bonchev–Trinajstić information content (AvgIpc) is 2.57.